The molecule has 34 heavy (non-hydrogen) atoms. The fourth-order valence-electron chi connectivity index (χ4n) is 3.62. The van der Waals surface area contributed by atoms with E-state index in [-0.39, 0.29) is 16.3 Å². The molecule has 1 aliphatic rings. The average Bonchev–Trinajstić information content (AvgIpc) is 2.81. The van der Waals surface area contributed by atoms with Crippen LogP contribution >= 0.6 is 27.5 Å². The van der Waals surface area contributed by atoms with Crippen molar-refractivity contribution >= 4 is 57.1 Å². The Morgan fingerprint density at radius 3 is 2.47 bits per heavy atom. The first-order chi connectivity index (χ1) is 16.4. The third-order valence-electron chi connectivity index (χ3n) is 5.24. The Morgan fingerprint density at radius 1 is 1.00 bits per heavy atom. The molecule has 3 aromatic rings. The molecule has 0 atom stereocenters. The second-order valence-electron chi connectivity index (χ2n) is 7.48. The predicted octanol–water partition coefficient (Wildman–Crippen LogP) is 5.76. The van der Waals surface area contributed by atoms with E-state index in [0.717, 1.165) is 20.5 Å². The van der Waals surface area contributed by atoms with Crippen molar-refractivity contribution in [2.75, 3.05) is 11.5 Å². The Morgan fingerprint density at radius 2 is 1.74 bits per heavy atom. The molecule has 172 valence electrons. The number of amides is 4. The zero-order valence-electron chi connectivity index (χ0n) is 18.2. The number of imide groups is 2. The molecule has 1 fully saturated rings. The fraction of sp³-hybridized carbons (Fsp3) is 0.115. The van der Waals surface area contributed by atoms with Gasteiger partial charge >= 0.3 is 6.03 Å². The van der Waals surface area contributed by atoms with E-state index in [9.17, 15) is 14.4 Å². The van der Waals surface area contributed by atoms with Gasteiger partial charge in [-0.2, -0.15) is 0 Å². The van der Waals surface area contributed by atoms with E-state index in [1.165, 1.54) is 12.1 Å². The molecule has 0 bridgehead atoms. The highest BCUT2D eigenvalue weighted by Crippen LogP contribution is 2.30. The standard InChI is InChI=1S/C26H20BrClN2O4/c1-2-34-23-14-16(11-12-18(23)15-17-7-3-4-8-20(17)27)13-19-24(31)29-26(33)30(25(19)32)22-10-6-5-9-21(22)28/h3-14H,2,15H2,1H3,(H,29,31,33)/b19-13+. The molecule has 0 aliphatic carbocycles. The zero-order chi connectivity index (χ0) is 24.2. The van der Waals surface area contributed by atoms with Gasteiger partial charge in [0, 0.05) is 10.9 Å². The number of nitrogens with zero attached hydrogens (tertiary/aromatic N) is 1. The first kappa shape index (κ1) is 23.7. The lowest BCUT2D eigenvalue weighted by molar-refractivity contribution is -0.122. The summed E-state index contributed by atoms with van der Waals surface area (Å²) in [6, 6.07) is 19.0. The molecule has 3 aromatic carbocycles. The van der Waals surface area contributed by atoms with Crippen LogP contribution in [0.4, 0.5) is 10.5 Å². The van der Waals surface area contributed by atoms with Gasteiger partial charge in [0.15, 0.2) is 0 Å². The van der Waals surface area contributed by atoms with E-state index in [2.05, 4.69) is 21.2 Å². The van der Waals surface area contributed by atoms with Crippen LogP contribution in [0.5, 0.6) is 5.75 Å². The minimum absolute atomic E-state index is 0.180. The minimum atomic E-state index is -0.848. The van der Waals surface area contributed by atoms with Gasteiger partial charge in [-0.1, -0.05) is 70.0 Å². The number of halogens is 2. The summed E-state index contributed by atoms with van der Waals surface area (Å²) in [6.45, 7) is 2.34. The number of rotatable bonds is 6. The lowest BCUT2D eigenvalue weighted by atomic mass is 10.0. The van der Waals surface area contributed by atoms with Crippen LogP contribution in [0, 0.1) is 0 Å². The van der Waals surface area contributed by atoms with Crippen LogP contribution < -0.4 is 15.0 Å². The highest BCUT2D eigenvalue weighted by atomic mass is 79.9. The first-order valence-corrected chi connectivity index (χ1v) is 11.7. The summed E-state index contributed by atoms with van der Waals surface area (Å²) < 4.78 is 6.84. The molecule has 0 radical (unpaired) electrons. The average molecular weight is 540 g/mol. The number of carbonyl (C=O) groups excluding carboxylic acids is 3. The Balaban J connectivity index is 1.69. The third-order valence-corrected chi connectivity index (χ3v) is 6.33. The summed E-state index contributed by atoms with van der Waals surface area (Å²) in [5, 5.41) is 2.43. The van der Waals surface area contributed by atoms with Gasteiger partial charge < -0.3 is 4.74 Å². The van der Waals surface area contributed by atoms with Gasteiger partial charge in [0.1, 0.15) is 11.3 Å². The van der Waals surface area contributed by atoms with Crippen molar-refractivity contribution in [3.63, 3.8) is 0 Å². The molecule has 0 aromatic heterocycles. The molecule has 6 nitrogen and oxygen atoms in total. The van der Waals surface area contributed by atoms with E-state index >= 15 is 0 Å². The lowest BCUT2D eigenvalue weighted by Crippen LogP contribution is -2.54. The highest BCUT2D eigenvalue weighted by Gasteiger charge is 2.37. The van der Waals surface area contributed by atoms with Crippen molar-refractivity contribution in [2.24, 2.45) is 0 Å². The van der Waals surface area contributed by atoms with Crippen molar-refractivity contribution in [3.05, 3.63) is 98.5 Å². The maximum Gasteiger partial charge on any atom is 0.335 e. The molecule has 1 heterocycles. The summed E-state index contributed by atoms with van der Waals surface area (Å²) in [7, 11) is 0. The van der Waals surface area contributed by atoms with E-state index in [0.29, 0.717) is 24.3 Å². The van der Waals surface area contributed by atoms with Crippen LogP contribution in [-0.4, -0.2) is 24.5 Å². The molecular formula is C26H20BrClN2O4. The molecule has 8 heteroatoms. The number of nitrogens with one attached hydrogen (secondary N) is 1. The van der Waals surface area contributed by atoms with Gasteiger partial charge in [-0.15, -0.1) is 0 Å². The summed E-state index contributed by atoms with van der Waals surface area (Å²) in [5.74, 6) is -0.874. The van der Waals surface area contributed by atoms with Gasteiger partial charge in [-0.3, -0.25) is 14.9 Å². The Bertz CT molecular complexity index is 1320. The quantitative estimate of drug-likeness (QED) is 0.319. The number of para-hydroxylation sites is 1. The third kappa shape index (κ3) is 4.90. The normalized spacial score (nSPS) is 15.0. The Kier molecular flexibility index (Phi) is 7.14. The lowest BCUT2D eigenvalue weighted by Gasteiger charge is -2.27. The van der Waals surface area contributed by atoms with E-state index in [1.807, 2.05) is 37.3 Å². The predicted molar refractivity (Wildman–Crippen MR) is 135 cm³/mol. The smallest absolute Gasteiger partial charge is 0.335 e. The summed E-state index contributed by atoms with van der Waals surface area (Å²) in [5.41, 5.74) is 2.67. The van der Waals surface area contributed by atoms with Crippen LogP contribution in [0.25, 0.3) is 6.08 Å². The summed E-state index contributed by atoms with van der Waals surface area (Å²) in [4.78, 5) is 38.9. The van der Waals surface area contributed by atoms with Crippen LogP contribution in [0.1, 0.15) is 23.6 Å². The number of anilines is 1. The van der Waals surface area contributed by atoms with Crippen molar-refractivity contribution in [1.29, 1.82) is 0 Å². The fourth-order valence-corrected chi connectivity index (χ4v) is 4.26. The highest BCUT2D eigenvalue weighted by molar-refractivity contribution is 9.10. The van der Waals surface area contributed by atoms with E-state index in [1.54, 1.807) is 30.3 Å². The second-order valence-corrected chi connectivity index (χ2v) is 8.74. The zero-order valence-corrected chi connectivity index (χ0v) is 20.5. The molecule has 0 unspecified atom stereocenters. The summed E-state index contributed by atoms with van der Waals surface area (Å²) in [6.07, 6.45) is 2.08. The molecule has 1 saturated heterocycles. The molecule has 0 spiro atoms. The van der Waals surface area contributed by atoms with Gasteiger partial charge in [0.05, 0.1) is 17.3 Å². The molecular weight excluding hydrogens is 520 g/mol. The van der Waals surface area contributed by atoms with Crippen LogP contribution in [0.3, 0.4) is 0 Å². The molecule has 1 N–H and O–H groups in total. The van der Waals surface area contributed by atoms with Gasteiger partial charge in [0.25, 0.3) is 11.8 Å². The van der Waals surface area contributed by atoms with Crippen molar-refractivity contribution in [3.8, 4) is 5.75 Å². The van der Waals surface area contributed by atoms with E-state index < -0.39 is 17.8 Å². The minimum Gasteiger partial charge on any atom is -0.494 e. The van der Waals surface area contributed by atoms with Gasteiger partial charge in [-0.05, 0) is 54.0 Å². The number of ether oxygens (including phenoxy) is 1. The second kappa shape index (κ2) is 10.2. The largest absolute Gasteiger partial charge is 0.494 e. The molecule has 4 rings (SSSR count). The SMILES string of the molecule is CCOc1cc(/C=C2\C(=O)NC(=O)N(c3ccccc3Cl)C2=O)ccc1Cc1ccccc1Br. The first-order valence-electron chi connectivity index (χ1n) is 10.5. The van der Waals surface area contributed by atoms with Crippen molar-refractivity contribution in [2.45, 2.75) is 13.3 Å². The number of hydrogen-bond acceptors (Lipinski definition) is 4. The van der Waals surface area contributed by atoms with Crippen LogP contribution in [0.2, 0.25) is 5.02 Å². The van der Waals surface area contributed by atoms with Gasteiger partial charge in [0.2, 0.25) is 0 Å². The molecule has 4 amide bonds. The molecule has 0 saturated carbocycles. The summed E-state index contributed by atoms with van der Waals surface area (Å²) >= 11 is 9.76. The topological polar surface area (TPSA) is 75.7 Å². The monoisotopic (exact) mass is 538 g/mol. The van der Waals surface area contributed by atoms with Crippen LogP contribution in [0.15, 0.2) is 76.8 Å². The number of urea groups is 1. The maximum atomic E-state index is 13.1. The maximum absolute atomic E-state index is 13.1. The number of carbonyl (C=O) groups is 3. The van der Waals surface area contributed by atoms with E-state index in [4.69, 9.17) is 16.3 Å². The van der Waals surface area contributed by atoms with Gasteiger partial charge in [-0.25, -0.2) is 9.69 Å². The van der Waals surface area contributed by atoms with Crippen molar-refractivity contribution < 1.29 is 19.1 Å². The number of barbiturate groups is 1. The molecule has 1 aliphatic heterocycles. The van der Waals surface area contributed by atoms with Crippen molar-refractivity contribution in [1.82, 2.24) is 5.32 Å². The number of hydrogen-bond donors (Lipinski definition) is 1. The Labute approximate surface area is 210 Å². The Hall–Kier alpha value is -3.42. The number of benzene rings is 3. The van der Waals surface area contributed by atoms with Crippen LogP contribution in [-0.2, 0) is 16.0 Å².